The third-order valence-electron chi connectivity index (χ3n) is 4.53. The van der Waals surface area contributed by atoms with Crippen molar-refractivity contribution in [3.8, 4) is 5.75 Å². The standard InChI is InChI=1S/C19H20N2O2S/c22-19(20-15-9-11-23-17-7-3-1-5-13(15)17)21-16-10-12-24-18-8-4-2-6-14(16)18/h1-8,15-16H,9-12H2,(H2,20,21,22)/t15-,16-/m1/s1. The Balaban J connectivity index is 1.45. The molecule has 2 heterocycles. The van der Waals surface area contributed by atoms with Gasteiger partial charge in [-0.2, -0.15) is 0 Å². The number of carbonyl (C=O) groups is 1. The summed E-state index contributed by atoms with van der Waals surface area (Å²) in [5, 5.41) is 6.27. The van der Waals surface area contributed by atoms with Gasteiger partial charge < -0.3 is 15.4 Å². The van der Waals surface area contributed by atoms with Gasteiger partial charge in [0, 0.05) is 22.6 Å². The average molecular weight is 340 g/mol. The second-order valence-corrected chi connectivity index (χ2v) is 7.21. The molecule has 4 rings (SSSR count). The number of nitrogens with one attached hydrogen (secondary N) is 2. The van der Waals surface area contributed by atoms with E-state index in [0.29, 0.717) is 6.61 Å². The maximum Gasteiger partial charge on any atom is 0.315 e. The predicted molar refractivity (Wildman–Crippen MR) is 95.5 cm³/mol. The molecule has 2 atom stereocenters. The van der Waals surface area contributed by atoms with Gasteiger partial charge in [0.2, 0.25) is 0 Å². The number of para-hydroxylation sites is 1. The summed E-state index contributed by atoms with van der Waals surface area (Å²) in [5.41, 5.74) is 2.27. The Morgan fingerprint density at radius 3 is 2.54 bits per heavy atom. The van der Waals surface area contributed by atoms with Crippen molar-refractivity contribution in [2.45, 2.75) is 29.8 Å². The average Bonchev–Trinajstić information content (AvgIpc) is 2.62. The molecule has 0 aliphatic carbocycles. The molecular weight excluding hydrogens is 320 g/mol. The molecule has 4 nitrogen and oxygen atoms in total. The Kier molecular flexibility index (Phi) is 4.34. The van der Waals surface area contributed by atoms with Crippen LogP contribution in [-0.4, -0.2) is 18.4 Å². The molecule has 0 saturated heterocycles. The second-order valence-electron chi connectivity index (χ2n) is 6.07. The van der Waals surface area contributed by atoms with Crippen LogP contribution in [-0.2, 0) is 0 Å². The monoisotopic (exact) mass is 340 g/mol. The number of ether oxygens (including phenoxy) is 1. The van der Waals surface area contributed by atoms with Crippen molar-refractivity contribution in [3.63, 3.8) is 0 Å². The highest BCUT2D eigenvalue weighted by Crippen LogP contribution is 2.36. The Hall–Kier alpha value is -2.14. The van der Waals surface area contributed by atoms with Crippen LogP contribution >= 0.6 is 11.8 Å². The lowest BCUT2D eigenvalue weighted by Crippen LogP contribution is -2.42. The SMILES string of the molecule is O=C(N[C@@H]1CCOc2ccccc21)N[C@@H]1CCSc2ccccc21. The first kappa shape index (κ1) is 15.4. The van der Waals surface area contributed by atoms with E-state index in [2.05, 4.69) is 22.8 Å². The molecule has 24 heavy (non-hydrogen) atoms. The van der Waals surface area contributed by atoms with E-state index in [1.165, 1.54) is 10.5 Å². The van der Waals surface area contributed by atoms with Crippen LogP contribution in [0, 0.1) is 0 Å². The molecule has 2 aliphatic rings. The Morgan fingerprint density at radius 2 is 1.67 bits per heavy atom. The number of hydrogen-bond acceptors (Lipinski definition) is 3. The summed E-state index contributed by atoms with van der Waals surface area (Å²) in [6.45, 7) is 0.630. The number of rotatable bonds is 2. The van der Waals surface area contributed by atoms with E-state index >= 15 is 0 Å². The number of urea groups is 1. The van der Waals surface area contributed by atoms with E-state index in [9.17, 15) is 4.79 Å². The van der Waals surface area contributed by atoms with E-state index in [1.807, 2.05) is 48.2 Å². The fourth-order valence-electron chi connectivity index (χ4n) is 3.34. The van der Waals surface area contributed by atoms with Gasteiger partial charge >= 0.3 is 6.03 Å². The van der Waals surface area contributed by atoms with Crippen molar-refractivity contribution in [2.75, 3.05) is 12.4 Å². The third kappa shape index (κ3) is 3.08. The quantitative estimate of drug-likeness (QED) is 0.867. The van der Waals surface area contributed by atoms with Crippen molar-refractivity contribution in [2.24, 2.45) is 0 Å². The predicted octanol–water partition coefficient (Wildman–Crippen LogP) is 4.05. The number of hydrogen-bond donors (Lipinski definition) is 2. The van der Waals surface area contributed by atoms with E-state index in [4.69, 9.17) is 4.74 Å². The summed E-state index contributed by atoms with van der Waals surface area (Å²) in [4.78, 5) is 13.8. The van der Waals surface area contributed by atoms with Crippen molar-refractivity contribution in [3.05, 3.63) is 59.7 Å². The maximum absolute atomic E-state index is 12.5. The summed E-state index contributed by atoms with van der Waals surface area (Å²) in [7, 11) is 0. The zero-order chi connectivity index (χ0) is 16.4. The van der Waals surface area contributed by atoms with Crippen LogP contribution in [0.5, 0.6) is 5.75 Å². The number of amides is 2. The topological polar surface area (TPSA) is 50.4 Å². The van der Waals surface area contributed by atoms with Crippen LogP contribution in [0.2, 0.25) is 0 Å². The molecule has 0 spiro atoms. The molecule has 2 aromatic rings. The number of carbonyl (C=O) groups excluding carboxylic acids is 1. The lowest BCUT2D eigenvalue weighted by molar-refractivity contribution is 0.220. The molecule has 0 bridgehead atoms. The minimum Gasteiger partial charge on any atom is -0.493 e. The Labute approximate surface area is 146 Å². The summed E-state index contributed by atoms with van der Waals surface area (Å²) < 4.78 is 5.66. The lowest BCUT2D eigenvalue weighted by Gasteiger charge is -2.29. The van der Waals surface area contributed by atoms with Crippen molar-refractivity contribution in [1.29, 1.82) is 0 Å². The van der Waals surface area contributed by atoms with E-state index in [0.717, 1.165) is 29.9 Å². The van der Waals surface area contributed by atoms with Gasteiger partial charge in [-0.25, -0.2) is 4.79 Å². The van der Waals surface area contributed by atoms with Gasteiger partial charge in [-0.05, 0) is 24.1 Å². The Bertz CT molecular complexity index is 688. The molecule has 2 aliphatic heterocycles. The molecule has 0 aromatic heterocycles. The van der Waals surface area contributed by atoms with Crippen LogP contribution in [0.15, 0.2) is 53.4 Å². The molecule has 2 N–H and O–H groups in total. The van der Waals surface area contributed by atoms with Crippen molar-refractivity contribution < 1.29 is 9.53 Å². The molecule has 124 valence electrons. The summed E-state index contributed by atoms with van der Waals surface area (Å²) in [6.07, 6.45) is 1.75. The smallest absolute Gasteiger partial charge is 0.315 e. The van der Waals surface area contributed by atoms with Gasteiger partial charge in [0.05, 0.1) is 18.7 Å². The molecule has 0 fully saturated rings. The van der Waals surface area contributed by atoms with E-state index < -0.39 is 0 Å². The van der Waals surface area contributed by atoms with Crippen LogP contribution < -0.4 is 15.4 Å². The van der Waals surface area contributed by atoms with Gasteiger partial charge in [0.1, 0.15) is 5.75 Å². The zero-order valence-corrected chi connectivity index (χ0v) is 14.1. The molecule has 5 heteroatoms. The Morgan fingerprint density at radius 1 is 0.958 bits per heavy atom. The summed E-state index contributed by atoms with van der Waals surface area (Å²) in [5.74, 6) is 1.90. The van der Waals surface area contributed by atoms with Gasteiger partial charge in [0.25, 0.3) is 0 Å². The number of fused-ring (bicyclic) bond motifs is 2. The van der Waals surface area contributed by atoms with Gasteiger partial charge in [0.15, 0.2) is 0 Å². The minimum atomic E-state index is -0.108. The third-order valence-corrected chi connectivity index (χ3v) is 5.65. The van der Waals surface area contributed by atoms with Crippen LogP contribution in [0.1, 0.15) is 36.1 Å². The first-order chi connectivity index (χ1) is 11.8. The van der Waals surface area contributed by atoms with E-state index in [-0.39, 0.29) is 18.1 Å². The normalized spacial score (nSPS) is 21.8. The van der Waals surface area contributed by atoms with Gasteiger partial charge in [-0.3, -0.25) is 0 Å². The first-order valence-corrected chi connectivity index (χ1v) is 9.30. The summed E-state index contributed by atoms with van der Waals surface area (Å²) >= 11 is 1.86. The molecule has 0 saturated carbocycles. The van der Waals surface area contributed by atoms with Crippen LogP contribution in [0.3, 0.4) is 0 Å². The van der Waals surface area contributed by atoms with E-state index in [1.54, 1.807) is 0 Å². The lowest BCUT2D eigenvalue weighted by atomic mass is 10.0. The molecule has 2 aromatic carbocycles. The fraction of sp³-hybridized carbons (Fsp3) is 0.316. The summed E-state index contributed by atoms with van der Waals surface area (Å²) in [6, 6.07) is 16.2. The van der Waals surface area contributed by atoms with Crippen molar-refractivity contribution >= 4 is 17.8 Å². The molecular formula is C19H20N2O2S. The van der Waals surface area contributed by atoms with Crippen LogP contribution in [0.4, 0.5) is 4.79 Å². The largest absolute Gasteiger partial charge is 0.493 e. The second kappa shape index (κ2) is 6.77. The molecule has 0 radical (unpaired) electrons. The highest BCUT2D eigenvalue weighted by Gasteiger charge is 2.25. The first-order valence-electron chi connectivity index (χ1n) is 8.32. The molecule has 2 amide bonds. The van der Waals surface area contributed by atoms with Gasteiger partial charge in [-0.15, -0.1) is 11.8 Å². The zero-order valence-electron chi connectivity index (χ0n) is 13.3. The number of thioether (sulfide) groups is 1. The highest BCUT2D eigenvalue weighted by atomic mass is 32.2. The van der Waals surface area contributed by atoms with Crippen molar-refractivity contribution in [1.82, 2.24) is 10.6 Å². The molecule has 0 unspecified atom stereocenters. The maximum atomic E-state index is 12.5. The number of benzene rings is 2. The fourth-order valence-corrected chi connectivity index (χ4v) is 4.47. The minimum absolute atomic E-state index is 0.00293. The van der Waals surface area contributed by atoms with Crippen LogP contribution in [0.25, 0.3) is 0 Å². The highest BCUT2D eigenvalue weighted by molar-refractivity contribution is 7.99. The van der Waals surface area contributed by atoms with Gasteiger partial charge in [-0.1, -0.05) is 36.4 Å².